The molecule has 1 fully saturated rings. The van der Waals surface area contributed by atoms with Gasteiger partial charge in [0, 0.05) is 5.39 Å². The monoisotopic (exact) mass is 345 g/mol. The second-order valence-corrected chi connectivity index (χ2v) is 8.21. The Kier molecular flexibility index (Phi) is 3.85. The first-order valence-corrected chi connectivity index (χ1v) is 10.0. The number of rotatable bonds is 2. The SMILES string of the molecule is O=C(NP1(=O)Nc2cccc3cccc(c23)N1)OC1CCCCC1. The predicted molar refractivity (Wildman–Crippen MR) is 95.3 cm³/mol. The highest BCUT2D eigenvalue weighted by Gasteiger charge is 2.32. The number of amides is 1. The fraction of sp³-hybridized carbons (Fsp3) is 0.353. The average molecular weight is 345 g/mol. The molecule has 6 nitrogen and oxygen atoms in total. The number of hydrogen-bond donors (Lipinski definition) is 3. The van der Waals surface area contributed by atoms with Crippen molar-refractivity contribution < 1.29 is 14.1 Å². The summed E-state index contributed by atoms with van der Waals surface area (Å²) in [7, 11) is -3.35. The maximum atomic E-state index is 13.1. The molecule has 24 heavy (non-hydrogen) atoms. The van der Waals surface area contributed by atoms with Crippen LogP contribution in [0, 0.1) is 0 Å². The lowest BCUT2D eigenvalue weighted by Gasteiger charge is -2.30. The Hall–Kier alpha value is -2.20. The van der Waals surface area contributed by atoms with Gasteiger partial charge in [-0.1, -0.05) is 30.7 Å². The Bertz CT molecular complexity index is 788. The van der Waals surface area contributed by atoms with Gasteiger partial charge in [0.1, 0.15) is 6.10 Å². The van der Waals surface area contributed by atoms with Crippen molar-refractivity contribution >= 4 is 35.8 Å². The van der Waals surface area contributed by atoms with Crippen LogP contribution in [0.1, 0.15) is 32.1 Å². The topological polar surface area (TPSA) is 79.5 Å². The van der Waals surface area contributed by atoms with Crippen LogP contribution < -0.4 is 15.3 Å². The Morgan fingerprint density at radius 3 is 2.29 bits per heavy atom. The molecule has 0 radical (unpaired) electrons. The zero-order chi connectivity index (χ0) is 16.6. The van der Waals surface area contributed by atoms with E-state index in [9.17, 15) is 9.36 Å². The van der Waals surface area contributed by atoms with Gasteiger partial charge in [0.15, 0.2) is 0 Å². The standard InChI is InChI=1S/C17H20N3O3P/c21-17(23-13-8-2-1-3-9-13)20-24(22)18-14-10-4-6-12-7-5-11-15(19-24)16(12)14/h4-7,10-11,13H,1-3,8-9H2,(H3,18,19,20,21,22). The minimum atomic E-state index is -3.35. The molecule has 0 bridgehead atoms. The summed E-state index contributed by atoms with van der Waals surface area (Å²) in [6.07, 6.45) is 4.36. The number of benzene rings is 2. The highest BCUT2D eigenvalue weighted by Crippen LogP contribution is 2.50. The quantitative estimate of drug-likeness (QED) is 0.679. The molecule has 1 heterocycles. The Morgan fingerprint density at radius 1 is 1.04 bits per heavy atom. The van der Waals surface area contributed by atoms with Crippen molar-refractivity contribution in [1.82, 2.24) is 5.09 Å². The molecule has 2 aliphatic rings. The van der Waals surface area contributed by atoms with Crippen LogP contribution in [-0.4, -0.2) is 12.2 Å². The second-order valence-electron chi connectivity index (χ2n) is 6.32. The molecular formula is C17H20N3O3P. The van der Waals surface area contributed by atoms with Gasteiger partial charge in [0.25, 0.3) is 0 Å². The molecule has 7 heteroatoms. The number of ether oxygens (including phenoxy) is 1. The zero-order valence-electron chi connectivity index (χ0n) is 13.2. The van der Waals surface area contributed by atoms with Gasteiger partial charge in [-0.2, -0.15) is 0 Å². The molecule has 1 aliphatic heterocycles. The normalized spacial score (nSPS) is 19.2. The van der Waals surface area contributed by atoms with E-state index in [4.69, 9.17) is 4.74 Å². The zero-order valence-corrected chi connectivity index (χ0v) is 14.1. The molecule has 2 aromatic carbocycles. The van der Waals surface area contributed by atoms with Gasteiger partial charge in [0.2, 0.25) is 0 Å². The van der Waals surface area contributed by atoms with Crippen LogP contribution in [-0.2, 0) is 9.30 Å². The first-order chi connectivity index (χ1) is 11.6. The Morgan fingerprint density at radius 2 is 1.67 bits per heavy atom. The molecule has 3 N–H and O–H groups in total. The summed E-state index contributed by atoms with van der Waals surface area (Å²) in [4.78, 5) is 12.2. The van der Waals surface area contributed by atoms with Gasteiger partial charge in [-0.05, 0) is 43.2 Å². The highest BCUT2D eigenvalue weighted by molar-refractivity contribution is 7.65. The van der Waals surface area contributed by atoms with Gasteiger partial charge < -0.3 is 14.9 Å². The smallest absolute Gasteiger partial charge is 0.415 e. The predicted octanol–water partition coefficient (Wildman–Crippen LogP) is 4.84. The van der Waals surface area contributed by atoms with Crippen molar-refractivity contribution in [1.29, 1.82) is 0 Å². The molecule has 1 amide bonds. The van der Waals surface area contributed by atoms with E-state index in [0.29, 0.717) is 0 Å². The summed E-state index contributed by atoms with van der Waals surface area (Å²) in [5.74, 6) is 0. The minimum Gasteiger partial charge on any atom is -0.446 e. The maximum Gasteiger partial charge on any atom is 0.415 e. The number of nitrogens with one attached hydrogen (secondary N) is 3. The molecule has 0 saturated heterocycles. The molecule has 4 rings (SSSR count). The van der Waals surface area contributed by atoms with E-state index in [2.05, 4.69) is 15.3 Å². The summed E-state index contributed by atoms with van der Waals surface area (Å²) in [6.45, 7) is 0. The van der Waals surface area contributed by atoms with E-state index in [1.807, 2.05) is 36.4 Å². The Labute approximate surface area is 140 Å². The molecule has 2 aromatic rings. The van der Waals surface area contributed by atoms with Crippen LogP contribution in [0.5, 0.6) is 0 Å². The molecule has 0 atom stereocenters. The lowest BCUT2D eigenvalue weighted by Crippen LogP contribution is -2.33. The fourth-order valence-corrected chi connectivity index (χ4v) is 4.97. The van der Waals surface area contributed by atoms with Crippen molar-refractivity contribution in [2.24, 2.45) is 0 Å². The molecule has 0 spiro atoms. The number of anilines is 2. The van der Waals surface area contributed by atoms with E-state index in [1.165, 1.54) is 6.42 Å². The van der Waals surface area contributed by atoms with Crippen molar-refractivity contribution in [3.63, 3.8) is 0 Å². The van der Waals surface area contributed by atoms with Gasteiger partial charge in [-0.15, -0.1) is 0 Å². The minimum absolute atomic E-state index is 0.0779. The average Bonchev–Trinajstić information content (AvgIpc) is 2.55. The Balaban J connectivity index is 1.52. The van der Waals surface area contributed by atoms with Crippen molar-refractivity contribution in [3.05, 3.63) is 36.4 Å². The second kappa shape index (κ2) is 6.02. The molecule has 0 aromatic heterocycles. The summed E-state index contributed by atoms with van der Waals surface area (Å²) in [5, 5.41) is 10.4. The molecule has 1 aliphatic carbocycles. The first-order valence-electron chi connectivity index (χ1n) is 8.30. The van der Waals surface area contributed by atoms with Crippen LogP contribution in [0.4, 0.5) is 16.2 Å². The lowest BCUT2D eigenvalue weighted by atomic mass is 9.98. The largest absolute Gasteiger partial charge is 0.446 e. The third-order valence-electron chi connectivity index (χ3n) is 4.54. The third-order valence-corrected chi connectivity index (χ3v) is 6.14. The van der Waals surface area contributed by atoms with Gasteiger partial charge in [-0.25, -0.2) is 9.88 Å². The third kappa shape index (κ3) is 2.94. The lowest BCUT2D eigenvalue weighted by molar-refractivity contribution is 0.0797. The van der Waals surface area contributed by atoms with E-state index in [-0.39, 0.29) is 6.10 Å². The summed E-state index contributed by atoms with van der Waals surface area (Å²) < 4.78 is 18.5. The van der Waals surface area contributed by atoms with Crippen LogP contribution >= 0.6 is 7.59 Å². The van der Waals surface area contributed by atoms with Crippen LogP contribution in [0.2, 0.25) is 0 Å². The van der Waals surface area contributed by atoms with E-state index < -0.39 is 13.7 Å². The van der Waals surface area contributed by atoms with E-state index in [1.54, 1.807) is 0 Å². The molecule has 0 unspecified atom stereocenters. The van der Waals surface area contributed by atoms with Gasteiger partial charge in [-0.3, -0.25) is 4.57 Å². The van der Waals surface area contributed by atoms with Crippen molar-refractivity contribution in [3.8, 4) is 0 Å². The van der Waals surface area contributed by atoms with Crippen LogP contribution in [0.3, 0.4) is 0 Å². The number of hydrogen-bond acceptors (Lipinski definition) is 3. The number of carbonyl (C=O) groups is 1. The van der Waals surface area contributed by atoms with Gasteiger partial charge in [0.05, 0.1) is 11.4 Å². The van der Waals surface area contributed by atoms with Crippen LogP contribution in [0.25, 0.3) is 10.8 Å². The molecular weight excluding hydrogens is 325 g/mol. The van der Waals surface area contributed by atoms with Gasteiger partial charge >= 0.3 is 13.7 Å². The molecule has 126 valence electrons. The summed E-state index contributed by atoms with van der Waals surface area (Å²) in [6, 6.07) is 11.5. The number of carbonyl (C=O) groups excluding carboxylic acids is 1. The maximum absolute atomic E-state index is 13.1. The summed E-state index contributed by atoms with van der Waals surface area (Å²) >= 11 is 0. The first kappa shape index (κ1) is 15.3. The molecule has 1 saturated carbocycles. The fourth-order valence-electron chi connectivity index (χ4n) is 3.44. The van der Waals surface area contributed by atoms with Crippen molar-refractivity contribution in [2.75, 3.05) is 10.2 Å². The van der Waals surface area contributed by atoms with Crippen LogP contribution in [0.15, 0.2) is 36.4 Å². The van der Waals surface area contributed by atoms with E-state index in [0.717, 1.165) is 47.8 Å². The van der Waals surface area contributed by atoms with Crippen molar-refractivity contribution in [2.45, 2.75) is 38.2 Å². The summed E-state index contributed by atoms with van der Waals surface area (Å²) in [5.41, 5.74) is 1.48. The van der Waals surface area contributed by atoms with E-state index >= 15 is 0 Å². The highest BCUT2D eigenvalue weighted by atomic mass is 31.2.